The van der Waals surface area contributed by atoms with Crippen LogP contribution in [0, 0.1) is 81.3 Å². The van der Waals surface area contributed by atoms with Gasteiger partial charge < -0.3 is 25.2 Å². The molecule has 8 nitrogen and oxygen atoms in total. The lowest BCUT2D eigenvalue weighted by Crippen LogP contribution is -2.78. The molecule has 7 aliphatic heterocycles. The molecule has 16 atom stereocenters. The molecule has 7 bridgehead atoms. The molecule has 0 amide bonds. The Kier molecular flexibility index (Phi) is 8.83. The fourth-order valence-corrected chi connectivity index (χ4v) is 22.6. The van der Waals surface area contributed by atoms with Gasteiger partial charge in [-0.05, 0) is 192 Å². The van der Waals surface area contributed by atoms with Crippen molar-refractivity contribution >= 4 is 11.9 Å². The molecule has 1 aromatic carbocycles. The van der Waals surface area contributed by atoms with Crippen molar-refractivity contribution in [2.45, 2.75) is 178 Å². The molecule has 0 radical (unpaired) electrons. The van der Waals surface area contributed by atoms with Gasteiger partial charge in [-0.1, -0.05) is 74.1 Å². The van der Waals surface area contributed by atoms with E-state index < -0.39 is 16.4 Å². The summed E-state index contributed by atoms with van der Waals surface area (Å²) in [7, 11) is 0. The minimum Gasteiger partial charge on any atom is -0.508 e. The van der Waals surface area contributed by atoms with Crippen LogP contribution >= 0.6 is 0 Å². The highest BCUT2D eigenvalue weighted by molar-refractivity contribution is 6.00. The van der Waals surface area contributed by atoms with Gasteiger partial charge in [0.2, 0.25) is 0 Å². The maximum atomic E-state index is 16.6. The van der Waals surface area contributed by atoms with Crippen molar-refractivity contribution in [3.8, 4) is 0 Å². The Balaban J connectivity index is 0.992. The molecule has 7 heterocycles. The van der Waals surface area contributed by atoms with Gasteiger partial charge in [-0.2, -0.15) is 0 Å². The van der Waals surface area contributed by atoms with E-state index in [9.17, 15) is 5.11 Å². The van der Waals surface area contributed by atoms with E-state index in [1.165, 1.54) is 108 Å². The lowest BCUT2D eigenvalue weighted by atomic mass is 9.27. The van der Waals surface area contributed by atoms with Gasteiger partial charge in [0, 0.05) is 60.2 Å². The number of rotatable bonds is 5. The van der Waals surface area contributed by atoms with E-state index in [4.69, 9.17) is 15.2 Å². The average Bonchev–Trinajstić information content (AvgIpc) is 4.22. The SMILES string of the molecule is C[C@H]1CC2=C3[C@H]4C5=C6[C@@H](/C=C\[C@@H](C7CCCC7)C[C@H]7[C@]68C(=O)O/C(=C(/O)[C@@H]6CC[C@@H]9[C@H]%10C[C@@H](CN9[C@@H]6[C@@H]6CCC9(CCCC9)C6)[C@H](CC2)N3C%10)[C@@]8(CC5)[C@]72OC(=O)c3c(CCCN)cccc32)C[C@H]41. The van der Waals surface area contributed by atoms with Gasteiger partial charge in [-0.3, -0.25) is 9.69 Å². The highest BCUT2D eigenvalue weighted by Crippen LogP contribution is 2.88. The number of aliphatic hydroxyl groups excluding tert-OH is 1. The number of hydrogen-bond donors (Lipinski definition) is 2. The summed E-state index contributed by atoms with van der Waals surface area (Å²) in [4.78, 5) is 37.9. The number of esters is 2. The zero-order valence-corrected chi connectivity index (χ0v) is 41.4. The second-order valence-electron chi connectivity index (χ2n) is 26.8. The van der Waals surface area contributed by atoms with E-state index in [-0.39, 0.29) is 41.7 Å². The van der Waals surface area contributed by atoms with Gasteiger partial charge in [-0.25, -0.2) is 4.79 Å². The van der Waals surface area contributed by atoms with E-state index >= 15 is 9.59 Å². The predicted molar refractivity (Wildman–Crippen MR) is 263 cm³/mol. The van der Waals surface area contributed by atoms with Crippen LogP contribution in [-0.2, 0) is 26.3 Å². The third-order valence-electron chi connectivity index (χ3n) is 24.7. The highest BCUT2D eigenvalue weighted by Gasteiger charge is 2.94. The summed E-state index contributed by atoms with van der Waals surface area (Å²) in [6.45, 7) is 5.43. The molecular formula is C61H77N3O5. The monoisotopic (exact) mass is 932 g/mol. The van der Waals surface area contributed by atoms with Crippen LogP contribution in [0.3, 0.4) is 0 Å². The normalized spacial score (nSPS) is 48.6. The zero-order valence-electron chi connectivity index (χ0n) is 41.4. The number of aryl methyl sites for hydroxylation is 1. The summed E-state index contributed by atoms with van der Waals surface area (Å²) in [5.41, 5.74) is 12.5. The number of fused-ring (bicyclic) bond motifs is 8. The Hall–Kier alpha value is -3.36. The van der Waals surface area contributed by atoms with Crippen LogP contribution < -0.4 is 5.73 Å². The van der Waals surface area contributed by atoms with Crippen molar-refractivity contribution in [1.82, 2.24) is 9.80 Å². The highest BCUT2D eigenvalue weighted by atomic mass is 16.6. The zero-order chi connectivity index (χ0) is 45.9. The van der Waals surface area contributed by atoms with Gasteiger partial charge in [0.1, 0.15) is 11.2 Å². The molecule has 69 heavy (non-hydrogen) atoms. The van der Waals surface area contributed by atoms with Crippen LogP contribution in [0.2, 0.25) is 0 Å². The van der Waals surface area contributed by atoms with E-state index in [2.05, 4.69) is 47.1 Å². The van der Waals surface area contributed by atoms with E-state index in [0.717, 1.165) is 56.2 Å². The number of carbonyl (C=O) groups excluding carboxylic acids is 2. The quantitative estimate of drug-likeness (QED) is 0.222. The summed E-state index contributed by atoms with van der Waals surface area (Å²) >= 11 is 0. The van der Waals surface area contributed by atoms with E-state index in [0.29, 0.717) is 95.4 Å². The van der Waals surface area contributed by atoms with E-state index in [1.807, 2.05) is 0 Å². The standard InChI is InChI=1S/C61H77N3O5/c1-33-26-38-15-17-46-40-27-41-32-64(46)53(38)50-42-20-24-59-55(54(65)43-16-18-47(41)63(31-40)52(43)39-19-23-58(30-39)21-4-5-22-58)68-57(67)60(59)48(61(59)45-12-6-10-35(11-7-25-62)49(45)56(66)69-61)29-36(34-8-2-3-9-34)13-14-37(51(42)60)28-44(33)50/h6,10,12-14,33-34,36-37,39-41,43-44,46-48,50,52,65H,2-5,7-9,11,15-32,62H2,1H3/b14-13-,55-54+/t33-,36+,37-,39+,40-,41-,43+,44-,46-,47+,48-,50-,52+,59+,60+,61+/m0/s1. The summed E-state index contributed by atoms with van der Waals surface area (Å²) in [6, 6.07) is 7.77. The van der Waals surface area contributed by atoms with E-state index in [1.54, 1.807) is 16.8 Å². The molecule has 0 aromatic heterocycles. The van der Waals surface area contributed by atoms with Crippen LogP contribution in [0.25, 0.3) is 0 Å². The molecule has 4 saturated carbocycles. The molecule has 15 aliphatic rings. The summed E-state index contributed by atoms with van der Waals surface area (Å²) in [5.74, 6) is 4.22. The molecule has 8 aliphatic carbocycles. The fraction of sp³-hybridized carbons (Fsp3) is 0.738. The lowest BCUT2D eigenvalue weighted by Gasteiger charge is -2.73. The third kappa shape index (κ3) is 4.98. The molecule has 8 heteroatoms. The van der Waals surface area contributed by atoms with Crippen LogP contribution in [0.4, 0.5) is 0 Å². The first-order chi connectivity index (χ1) is 33.7. The topological polar surface area (TPSA) is 105 Å². The molecule has 4 saturated heterocycles. The van der Waals surface area contributed by atoms with Crippen molar-refractivity contribution < 1.29 is 24.2 Å². The first kappa shape index (κ1) is 42.2. The van der Waals surface area contributed by atoms with Gasteiger partial charge in [-0.15, -0.1) is 0 Å². The van der Waals surface area contributed by atoms with Gasteiger partial charge >= 0.3 is 11.9 Å². The third-order valence-corrected chi connectivity index (χ3v) is 24.7. The van der Waals surface area contributed by atoms with Crippen molar-refractivity contribution in [3.63, 3.8) is 0 Å². The number of allylic oxidation sites excluding steroid dienone is 4. The van der Waals surface area contributed by atoms with Crippen LogP contribution in [-0.4, -0.2) is 64.6 Å². The van der Waals surface area contributed by atoms with Crippen LogP contribution in [0.1, 0.15) is 170 Å². The Labute approximate surface area is 410 Å². The minimum atomic E-state index is -1.13. The molecule has 16 rings (SSSR count). The minimum absolute atomic E-state index is 0.115. The number of ether oxygens (including phenoxy) is 2. The molecule has 8 fully saturated rings. The second-order valence-corrected chi connectivity index (χ2v) is 26.8. The van der Waals surface area contributed by atoms with Gasteiger partial charge in [0.05, 0.1) is 11.0 Å². The predicted octanol–water partition coefficient (Wildman–Crippen LogP) is 11.2. The molecule has 3 N–H and O–H groups in total. The van der Waals surface area contributed by atoms with Crippen LogP contribution in [0.5, 0.6) is 0 Å². The van der Waals surface area contributed by atoms with Crippen molar-refractivity contribution in [2.24, 2.45) is 87.1 Å². The average molecular weight is 932 g/mol. The molecule has 1 aromatic rings. The number of nitrogens with zero attached hydrogens (tertiary/aromatic N) is 2. The molecule has 366 valence electrons. The number of benzene rings is 1. The second kappa shape index (κ2) is 14.4. The lowest BCUT2D eigenvalue weighted by molar-refractivity contribution is -0.282. The smallest absolute Gasteiger partial charge is 0.339 e. The maximum Gasteiger partial charge on any atom is 0.339 e. The molecule has 0 unspecified atom stereocenters. The van der Waals surface area contributed by atoms with Crippen LogP contribution in [0.15, 0.2) is 64.3 Å². The number of hydrogen-bond acceptors (Lipinski definition) is 8. The first-order valence-corrected chi connectivity index (χ1v) is 29.1. The number of aliphatic hydroxyl groups is 1. The Morgan fingerprint density at radius 2 is 1.71 bits per heavy atom. The van der Waals surface area contributed by atoms with Gasteiger partial charge in [0.15, 0.2) is 11.4 Å². The largest absolute Gasteiger partial charge is 0.508 e. The summed E-state index contributed by atoms with van der Waals surface area (Å²) in [6.07, 6.45) is 31.3. The maximum absolute atomic E-state index is 16.6. The van der Waals surface area contributed by atoms with Crippen molar-refractivity contribution in [1.29, 1.82) is 0 Å². The Morgan fingerprint density at radius 3 is 2.57 bits per heavy atom. The fourth-order valence-electron chi connectivity index (χ4n) is 22.6. The Morgan fingerprint density at radius 1 is 0.855 bits per heavy atom. The van der Waals surface area contributed by atoms with Crippen molar-refractivity contribution in [3.05, 3.63) is 81.0 Å². The number of piperidine rings is 3. The molecule has 4 spiro atoms. The first-order valence-electron chi connectivity index (χ1n) is 29.1. The number of carbonyl (C=O) groups is 2. The van der Waals surface area contributed by atoms with Gasteiger partial charge in [0.25, 0.3) is 0 Å². The Bertz CT molecular complexity index is 2580. The summed E-state index contributed by atoms with van der Waals surface area (Å²) in [5, 5.41) is 14.1. The van der Waals surface area contributed by atoms with Crippen molar-refractivity contribution in [2.75, 3.05) is 19.6 Å². The summed E-state index contributed by atoms with van der Waals surface area (Å²) < 4.78 is 14.8. The number of nitrogens with two attached hydrogens (primary N) is 1. The molecular weight excluding hydrogens is 855 g/mol.